The monoisotopic (exact) mass is 551 g/mol. The molecule has 4 rings (SSSR count). The molecule has 1 aliphatic rings. The van der Waals surface area contributed by atoms with Crippen molar-refractivity contribution in [1.82, 2.24) is 4.83 Å². The smallest absolute Gasteiger partial charge is 0.331 e. The van der Waals surface area contributed by atoms with Gasteiger partial charge in [-0.1, -0.05) is 54.6 Å². The fraction of sp³-hybridized carbons (Fsp3) is 0.333. The summed E-state index contributed by atoms with van der Waals surface area (Å²) >= 11 is 0. The van der Waals surface area contributed by atoms with Crippen LogP contribution in [0.25, 0.3) is 11.1 Å². The highest BCUT2D eigenvalue weighted by atomic mass is 32.2. The molecule has 1 unspecified atom stereocenters. The SMILES string of the molecule is COc1ccc(-c2ccc(S(=O)(=O)N[N+](Cc3ccccc3)(C(C)=O)C3CCC(CC(=O)O)CC3)cc2)cc1. The molecule has 0 aromatic heterocycles. The molecule has 3 aromatic rings. The van der Waals surface area contributed by atoms with E-state index in [1.165, 1.54) is 6.92 Å². The summed E-state index contributed by atoms with van der Waals surface area (Å²) in [5.74, 6) is -0.393. The number of hydrogen-bond donors (Lipinski definition) is 2. The van der Waals surface area contributed by atoms with Crippen LogP contribution in [-0.4, -0.2) is 43.1 Å². The Morgan fingerprint density at radius 3 is 1.97 bits per heavy atom. The van der Waals surface area contributed by atoms with E-state index in [9.17, 15) is 23.1 Å². The van der Waals surface area contributed by atoms with Gasteiger partial charge in [-0.2, -0.15) is 4.59 Å². The van der Waals surface area contributed by atoms with Gasteiger partial charge in [-0.25, -0.2) is 13.2 Å². The molecule has 1 amide bonds. The van der Waals surface area contributed by atoms with Crippen molar-refractivity contribution in [2.24, 2.45) is 5.92 Å². The second kappa shape index (κ2) is 12.1. The average Bonchev–Trinajstić information content (AvgIpc) is 2.93. The highest BCUT2D eigenvalue weighted by molar-refractivity contribution is 7.89. The Hall–Kier alpha value is -3.53. The van der Waals surface area contributed by atoms with E-state index in [0.717, 1.165) is 22.4 Å². The molecule has 2 N–H and O–H groups in total. The Balaban J connectivity index is 1.64. The van der Waals surface area contributed by atoms with Crippen molar-refractivity contribution in [1.29, 1.82) is 0 Å². The number of nitrogens with zero attached hydrogens (tertiary/aromatic N) is 1. The molecule has 0 aliphatic heterocycles. The number of carbonyl (C=O) groups is 2. The molecule has 1 saturated carbocycles. The molecular formula is C30H35N2O6S+. The Kier molecular flexibility index (Phi) is 8.84. The highest BCUT2D eigenvalue weighted by Crippen LogP contribution is 2.35. The van der Waals surface area contributed by atoms with Gasteiger partial charge < -0.3 is 9.84 Å². The number of ether oxygens (including phenoxy) is 1. The van der Waals surface area contributed by atoms with Crippen LogP contribution in [0.15, 0.2) is 83.8 Å². The predicted molar refractivity (Wildman–Crippen MR) is 148 cm³/mol. The maximum Gasteiger partial charge on any atom is 0.331 e. The summed E-state index contributed by atoms with van der Waals surface area (Å²) in [5, 5.41) is 9.21. The minimum absolute atomic E-state index is 0.0199. The van der Waals surface area contributed by atoms with Crippen LogP contribution < -0.4 is 9.57 Å². The quantitative estimate of drug-likeness (QED) is 0.266. The molecule has 0 heterocycles. The van der Waals surface area contributed by atoms with Gasteiger partial charge in [-0.3, -0.25) is 4.79 Å². The highest BCUT2D eigenvalue weighted by Gasteiger charge is 2.47. The molecule has 1 fully saturated rings. The summed E-state index contributed by atoms with van der Waals surface area (Å²) in [5.41, 5.74) is 2.60. The van der Waals surface area contributed by atoms with Crippen LogP contribution in [0.2, 0.25) is 0 Å². The number of nitrogens with one attached hydrogen (secondary N) is 1. The van der Waals surface area contributed by atoms with Crippen LogP contribution in [0.3, 0.4) is 0 Å². The largest absolute Gasteiger partial charge is 0.497 e. The van der Waals surface area contributed by atoms with Crippen LogP contribution in [0.4, 0.5) is 0 Å². The number of carboxylic acids is 1. The third-order valence-electron chi connectivity index (χ3n) is 7.61. The topological polar surface area (TPSA) is 110 Å². The van der Waals surface area contributed by atoms with E-state index in [0.29, 0.717) is 25.7 Å². The first-order valence-corrected chi connectivity index (χ1v) is 14.5. The molecule has 9 heteroatoms. The van der Waals surface area contributed by atoms with Crippen LogP contribution in [0.1, 0.15) is 44.6 Å². The lowest BCUT2D eigenvalue weighted by Gasteiger charge is -2.43. The number of carbonyl (C=O) groups excluding carboxylic acids is 1. The Morgan fingerprint density at radius 1 is 0.897 bits per heavy atom. The van der Waals surface area contributed by atoms with Gasteiger partial charge in [0.15, 0.2) is 0 Å². The maximum absolute atomic E-state index is 13.8. The van der Waals surface area contributed by atoms with Crippen molar-refractivity contribution in [2.75, 3.05) is 7.11 Å². The summed E-state index contributed by atoms with van der Waals surface area (Å²) in [4.78, 5) is 27.5. The molecule has 0 bridgehead atoms. The lowest BCUT2D eigenvalue weighted by atomic mass is 9.83. The van der Waals surface area contributed by atoms with Crippen molar-refractivity contribution in [3.05, 3.63) is 84.4 Å². The first-order valence-electron chi connectivity index (χ1n) is 13.1. The maximum atomic E-state index is 13.8. The predicted octanol–water partition coefficient (Wildman–Crippen LogP) is 5.15. The van der Waals surface area contributed by atoms with Gasteiger partial charge >= 0.3 is 11.9 Å². The molecule has 0 spiro atoms. The van der Waals surface area contributed by atoms with Crippen molar-refractivity contribution >= 4 is 21.9 Å². The van der Waals surface area contributed by atoms with Gasteiger partial charge in [0.2, 0.25) is 0 Å². The molecule has 8 nitrogen and oxygen atoms in total. The van der Waals surface area contributed by atoms with Crippen LogP contribution in [0, 0.1) is 5.92 Å². The van der Waals surface area contributed by atoms with Gasteiger partial charge in [0.05, 0.1) is 18.9 Å². The number of sulfonamides is 1. The fourth-order valence-corrected chi connectivity index (χ4v) is 6.82. The minimum Gasteiger partial charge on any atom is -0.497 e. The van der Waals surface area contributed by atoms with Crippen molar-refractivity contribution < 1.29 is 32.4 Å². The van der Waals surface area contributed by atoms with E-state index in [2.05, 4.69) is 4.83 Å². The number of rotatable bonds is 10. The molecule has 0 saturated heterocycles. The van der Waals surface area contributed by atoms with E-state index in [4.69, 9.17) is 4.74 Å². The summed E-state index contributed by atoms with van der Waals surface area (Å²) in [6.45, 7) is 1.58. The minimum atomic E-state index is -4.09. The number of hydrogen-bond acceptors (Lipinski definition) is 5. The van der Waals surface area contributed by atoms with Crippen molar-refractivity contribution in [3.63, 3.8) is 0 Å². The molecule has 1 aliphatic carbocycles. The molecule has 0 radical (unpaired) electrons. The first kappa shape index (κ1) is 28.5. The van der Waals surface area contributed by atoms with Crippen molar-refractivity contribution in [2.45, 2.75) is 56.5 Å². The van der Waals surface area contributed by atoms with Gasteiger partial charge in [-0.05, 0) is 59.0 Å². The van der Waals surface area contributed by atoms with E-state index in [-0.39, 0.29) is 35.7 Å². The number of quaternary nitrogens is 1. The summed E-state index contributed by atoms with van der Waals surface area (Å²) < 4.78 is 32.3. The van der Waals surface area contributed by atoms with Crippen LogP contribution in [0.5, 0.6) is 5.75 Å². The van der Waals surface area contributed by atoms with Gasteiger partial charge in [0.1, 0.15) is 18.3 Å². The second-order valence-electron chi connectivity index (χ2n) is 10.2. The Bertz CT molecular complexity index is 1380. The Labute approximate surface area is 229 Å². The normalized spacial score (nSPS) is 19.1. The molecule has 206 valence electrons. The Morgan fingerprint density at radius 2 is 1.46 bits per heavy atom. The van der Waals surface area contributed by atoms with Crippen LogP contribution in [-0.2, 0) is 26.2 Å². The summed E-state index contributed by atoms with van der Waals surface area (Å²) in [6, 6.07) is 23.1. The van der Waals surface area contributed by atoms with Crippen LogP contribution >= 0.6 is 0 Å². The van der Waals surface area contributed by atoms with E-state index in [1.54, 1.807) is 31.4 Å². The van der Waals surface area contributed by atoms with E-state index < -0.39 is 20.6 Å². The number of aliphatic carboxylic acids is 1. The summed E-state index contributed by atoms with van der Waals surface area (Å²) in [6.07, 6.45) is 2.42. The fourth-order valence-electron chi connectivity index (χ4n) is 5.45. The lowest BCUT2D eigenvalue weighted by molar-refractivity contribution is -0.922. The molecule has 39 heavy (non-hydrogen) atoms. The second-order valence-corrected chi connectivity index (χ2v) is 11.8. The zero-order valence-electron chi connectivity index (χ0n) is 22.2. The lowest BCUT2D eigenvalue weighted by Crippen LogP contribution is -2.67. The van der Waals surface area contributed by atoms with Gasteiger partial charge in [0.25, 0.3) is 10.0 Å². The van der Waals surface area contributed by atoms with Gasteiger partial charge in [-0.15, -0.1) is 0 Å². The van der Waals surface area contributed by atoms with E-state index >= 15 is 0 Å². The number of carboxylic acid groups (broad SMARTS) is 1. The third-order valence-corrected chi connectivity index (χ3v) is 9.07. The van der Waals surface area contributed by atoms with Gasteiger partial charge in [0, 0.05) is 24.8 Å². The number of amides is 1. The number of benzene rings is 3. The first-order chi connectivity index (χ1) is 18.6. The zero-order valence-corrected chi connectivity index (χ0v) is 23.1. The summed E-state index contributed by atoms with van der Waals surface area (Å²) in [7, 11) is -2.49. The molecular weight excluding hydrogens is 516 g/mol. The third kappa shape index (κ3) is 6.73. The zero-order chi connectivity index (χ0) is 28.0. The van der Waals surface area contributed by atoms with E-state index in [1.807, 2.05) is 54.6 Å². The molecule has 1 atom stereocenters. The van der Waals surface area contributed by atoms with Crippen molar-refractivity contribution in [3.8, 4) is 16.9 Å². The standard InChI is InChI=1S/C30H34N2O6S/c1-22(33)32(21-24-6-4-3-5-7-24,27-14-8-23(9-15-27)20-30(34)35)31-39(36,37)29-18-12-26(13-19-29)25-10-16-28(38-2)17-11-25/h3-7,10-13,16-19,23,27,31H,8-9,14-15,20-21H2,1-2H3/p+1. The molecule has 3 aromatic carbocycles. The number of methoxy groups -OCH3 is 1. The average molecular weight is 552 g/mol.